The van der Waals surface area contributed by atoms with Crippen molar-refractivity contribution in [3.05, 3.63) is 155 Å². The summed E-state index contributed by atoms with van der Waals surface area (Å²) in [6, 6.07) is 36.0. The molecule has 15 nitrogen and oxygen atoms in total. The summed E-state index contributed by atoms with van der Waals surface area (Å²) in [4.78, 5) is 67.8. The van der Waals surface area contributed by atoms with E-state index in [1.165, 1.54) is 7.11 Å². The molecule has 70 heavy (non-hydrogen) atoms. The summed E-state index contributed by atoms with van der Waals surface area (Å²) in [5, 5.41) is 18.2. The van der Waals surface area contributed by atoms with E-state index in [4.69, 9.17) is 18.9 Å². The number of aliphatic hydroxyl groups excluding tert-OH is 1. The number of hydrogen-bond acceptors (Lipinski definition) is 12. The molecule has 10 rings (SSSR count). The molecule has 4 aliphatic heterocycles. The second-order valence-corrected chi connectivity index (χ2v) is 18.0. The van der Waals surface area contributed by atoms with Gasteiger partial charge in [-0.3, -0.25) is 19.3 Å². The van der Waals surface area contributed by atoms with Crippen LogP contribution < -0.4 is 9.64 Å². The summed E-state index contributed by atoms with van der Waals surface area (Å²) in [5.74, 6) is 3.81. The molecule has 1 aromatic heterocycles. The van der Waals surface area contributed by atoms with Crippen molar-refractivity contribution >= 4 is 40.6 Å². The van der Waals surface area contributed by atoms with E-state index in [-0.39, 0.29) is 44.6 Å². The number of carbonyl (C=O) groups is 4. The lowest BCUT2D eigenvalue weighted by atomic mass is 9.64. The van der Waals surface area contributed by atoms with Crippen molar-refractivity contribution < 1.29 is 43.2 Å². The number of carbonyl (C=O) groups excluding carboxylic acids is 4. The second-order valence-electron chi connectivity index (χ2n) is 18.0. The number of methoxy groups -OCH3 is 1. The lowest BCUT2D eigenvalue weighted by Gasteiger charge is -2.46. The summed E-state index contributed by atoms with van der Waals surface area (Å²) in [6.45, 7) is 0.832. The van der Waals surface area contributed by atoms with Gasteiger partial charge in [-0.05, 0) is 77.6 Å². The first-order valence-corrected chi connectivity index (χ1v) is 24.0. The van der Waals surface area contributed by atoms with Crippen LogP contribution in [0.1, 0.15) is 78.1 Å². The van der Waals surface area contributed by atoms with Crippen LogP contribution in [0.25, 0.3) is 11.0 Å². The van der Waals surface area contributed by atoms with E-state index in [1.54, 1.807) is 35.0 Å². The molecule has 5 heterocycles. The van der Waals surface area contributed by atoms with Crippen LogP contribution in [0.5, 0.6) is 5.75 Å². The Morgan fingerprint density at radius 3 is 2.21 bits per heavy atom. The van der Waals surface area contributed by atoms with Gasteiger partial charge in [0.15, 0.2) is 0 Å². The Bertz CT molecular complexity index is 2930. The number of para-hydroxylation sites is 1. The zero-order chi connectivity index (χ0) is 48.2. The fraction of sp³-hybridized carbons (Fsp3) is 0.345. The zero-order valence-electron chi connectivity index (χ0n) is 38.9. The number of rotatable bonds is 11. The second kappa shape index (κ2) is 20.3. The van der Waals surface area contributed by atoms with Crippen LogP contribution in [0.3, 0.4) is 0 Å². The van der Waals surface area contributed by atoms with Crippen molar-refractivity contribution in [3.63, 3.8) is 0 Å². The number of amides is 3. The van der Waals surface area contributed by atoms with E-state index in [2.05, 4.69) is 22.2 Å². The van der Waals surface area contributed by atoms with Gasteiger partial charge in [0.05, 0.1) is 42.4 Å². The molecule has 3 fully saturated rings. The first-order chi connectivity index (χ1) is 34.3. The minimum atomic E-state index is -1.97. The Hall–Kier alpha value is -7.38. The number of morpholine rings is 1. The van der Waals surface area contributed by atoms with Gasteiger partial charge in [0.1, 0.15) is 48.6 Å². The number of anilines is 1. The highest BCUT2D eigenvalue weighted by Gasteiger charge is 2.76. The lowest BCUT2D eigenvalue weighted by Crippen LogP contribution is -2.56. The Morgan fingerprint density at radius 2 is 1.49 bits per heavy atom. The highest BCUT2D eigenvalue weighted by molar-refractivity contribution is 6.23. The van der Waals surface area contributed by atoms with Crippen molar-refractivity contribution in [1.29, 1.82) is 0 Å². The summed E-state index contributed by atoms with van der Waals surface area (Å²) in [7, 11) is 1.48. The fourth-order valence-corrected chi connectivity index (χ4v) is 11.0. The van der Waals surface area contributed by atoms with E-state index in [9.17, 15) is 9.90 Å². The van der Waals surface area contributed by atoms with Gasteiger partial charge in [-0.2, -0.15) is 0 Å². The van der Waals surface area contributed by atoms with Crippen LogP contribution in [0, 0.1) is 17.8 Å². The normalized spacial score (nSPS) is 23.2. The van der Waals surface area contributed by atoms with E-state index in [0.717, 1.165) is 59.2 Å². The van der Waals surface area contributed by atoms with Gasteiger partial charge in [-0.15, -0.1) is 5.10 Å². The molecule has 0 aliphatic carbocycles. The smallest absolute Gasteiger partial charge is 0.421 e. The zero-order valence-corrected chi connectivity index (χ0v) is 38.9. The third kappa shape index (κ3) is 8.35. The van der Waals surface area contributed by atoms with Gasteiger partial charge >= 0.3 is 12.1 Å². The van der Waals surface area contributed by atoms with Crippen LogP contribution >= 0.6 is 0 Å². The SMILES string of the molecule is COCCOC(=O)N1C(=O)[C@@]2(c3cc(C#CCn4nnc5ccccc54)ccc31)[C@H](c1ccc(OCCO)cc1)N1[C@H](c3ccccc3)[C@H](c3ccccc3)OC(=O)[C@H]1[C@@H]2C(=O)N1CCCCCCC1. The molecule has 1 spiro atoms. The maximum absolute atomic E-state index is 16.6. The predicted octanol–water partition coefficient (Wildman–Crippen LogP) is 7.10. The minimum Gasteiger partial charge on any atom is -0.491 e. The summed E-state index contributed by atoms with van der Waals surface area (Å²) >= 11 is 0. The Labute approximate surface area is 405 Å². The molecule has 3 amide bonds. The molecule has 0 unspecified atom stereocenters. The van der Waals surface area contributed by atoms with Crippen LogP contribution in [-0.2, 0) is 40.6 Å². The molecular formula is C55H54N6O9. The van der Waals surface area contributed by atoms with Gasteiger partial charge < -0.3 is 29.0 Å². The minimum absolute atomic E-state index is 0.0525. The number of cyclic esters (lactones) is 1. The van der Waals surface area contributed by atoms with Crippen molar-refractivity contribution in [2.45, 2.75) is 68.3 Å². The number of likely N-dealkylation sites (tertiary alicyclic amines) is 1. The van der Waals surface area contributed by atoms with Gasteiger partial charge in [0, 0.05) is 25.8 Å². The molecule has 0 saturated carbocycles. The molecule has 1 N–H and O–H groups in total. The third-order valence-corrected chi connectivity index (χ3v) is 14.0. The lowest BCUT2D eigenvalue weighted by molar-refractivity contribution is -0.179. The summed E-state index contributed by atoms with van der Waals surface area (Å²) in [6.07, 6.45) is 2.55. The maximum Gasteiger partial charge on any atom is 0.421 e. The van der Waals surface area contributed by atoms with Gasteiger partial charge in [-0.1, -0.05) is 121 Å². The first kappa shape index (κ1) is 46.4. The standard InChI is InChI=1S/C55H54N6O9/c1-67-34-35-69-54(66)60-44-28-23-37(16-15-31-59-45-22-12-11-21-43(45)56-57-59)36-42(44)55(53(60)65)46(51(63)58-29-13-3-2-4-14-30-58)48-52(64)70-49(39-19-9-6-10-20-39)47(38-17-7-5-8-18-38)61(48)50(55)40-24-26-41(27-25-40)68-33-32-62/h5-12,17-28,36,46-50,62H,2-4,13-14,29-35H2,1H3/t46-,47-,48-,49+,50+,55-/m1/s1. The van der Waals surface area contributed by atoms with E-state index in [1.807, 2.05) is 107 Å². The van der Waals surface area contributed by atoms with E-state index < -0.39 is 53.5 Å². The number of benzene rings is 5. The molecule has 3 saturated heterocycles. The van der Waals surface area contributed by atoms with Crippen LogP contribution in [0.4, 0.5) is 10.5 Å². The largest absolute Gasteiger partial charge is 0.491 e. The van der Waals surface area contributed by atoms with Gasteiger partial charge in [0.2, 0.25) is 11.8 Å². The Morgan fingerprint density at radius 1 is 0.786 bits per heavy atom. The number of nitrogens with zero attached hydrogens (tertiary/aromatic N) is 6. The van der Waals surface area contributed by atoms with Crippen LogP contribution in [0.15, 0.2) is 127 Å². The van der Waals surface area contributed by atoms with Gasteiger partial charge in [-0.25, -0.2) is 14.4 Å². The molecule has 15 heteroatoms. The van der Waals surface area contributed by atoms with Crippen molar-refractivity contribution in [2.75, 3.05) is 51.5 Å². The molecule has 6 aromatic rings. The quantitative estimate of drug-likeness (QED) is 0.0798. The average molecular weight is 943 g/mol. The number of ether oxygens (including phenoxy) is 4. The molecular weight excluding hydrogens is 889 g/mol. The molecule has 5 aromatic carbocycles. The molecule has 0 radical (unpaired) electrons. The fourth-order valence-electron chi connectivity index (χ4n) is 11.0. The Kier molecular flexibility index (Phi) is 13.4. The van der Waals surface area contributed by atoms with Crippen molar-refractivity contribution in [1.82, 2.24) is 24.8 Å². The summed E-state index contributed by atoms with van der Waals surface area (Å²) in [5.41, 5.74) is 2.73. The maximum atomic E-state index is 16.6. The van der Waals surface area contributed by atoms with Crippen LogP contribution in [0.2, 0.25) is 0 Å². The van der Waals surface area contributed by atoms with Crippen molar-refractivity contribution in [3.8, 4) is 17.6 Å². The predicted molar refractivity (Wildman–Crippen MR) is 258 cm³/mol. The number of fused-ring (bicyclic) bond motifs is 4. The molecule has 6 atom stereocenters. The average Bonchev–Trinajstić information content (AvgIpc) is 4.02. The number of esters is 1. The van der Waals surface area contributed by atoms with E-state index in [0.29, 0.717) is 35.5 Å². The van der Waals surface area contributed by atoms with Crippen molar-refractivity contribution in [2.24, 2.45) is 5.92 Å². The molecule has 4 aliphatic rings. The third-order valence-electron chi connectivity index (χ3n) is 14.0. The highest BCUT2D eigenvalue weighted by atomic mass is 16.6. The monoisotopic (exact) mass is 942 g/mol. The van der Waals surface area contributed by atoms with Crippen LogP contribution in [-0.4, -0.2) is 106 Å². The Balaban J connectivity index is 1.24. The number of imide groups is 1. The van der Waals surface area contributed by atoms with Gasteiger partial charge in [0.25, 0.3) is 0 Å². The summed E-state index contributed by atoms with van der Waals surface area (Å²) < 4.78 is 25.2. The molecule has 0 bridgehead atoms. The number of aromatic nitrogens is 3. The van der Waals surface area contributed by atoms with E-state index >= 15 is 14.4 Å². The topological polar surface area (TPSA) is 166 Å². The highest BCUT2D eigenvalue weighted by Crippen LogP contribution is 2.66. The first-order valence-electron chi connectivity index (χ1n) is 24.0. The number of hydrogen-bond donors (Lipinski definition) is 1. The molecule has 358 valence electrons. The number of aliphatic hydroxyl groups is 1.